The van der Waals surface area contributed by atoms with Gasteiger partial charge in [-0.25, -0.2) is 4.79 Å². The Bertz CT molecular complexity index is 813. The number of aromatic carboxylic acids is 1. The molecule has 7 heteroatoms. The lowest BCUT2D eigenvalue weighted by Gasteiger charge is -2.14. The number of carboxylic acids is 1. The van der Waals surface area contributed by atoms with Crippen molar-refractivity contribution in [3.05, 3.63) is 57.5 Å². The fourth-order valence-electron chi connectivity index (χ4n) is 2.24. The van der Waals surface area contributed by atoms with Crippen LogP contribution in [0.4, 0.5) is 5.69 Å². The van der Waals surface area contributed by atoms with E-state index in [0.717, 1.165) is 0 Å². The molecule has 0 fully saturated rings. The number of hydrogen-bond donors (Lipinski definition) is 3. The number of aromatic hydroxyl groups is 1. The van der Waals surface area contributed by atoms with Crippen LogP contribution in [0.2, 0.25) is 0 Å². The maximum atomic E-state index is 12.1. The smallest absolute Gasteiger partial charge is 0.335 e. The first-order valence-electron chi connectivity index (χ1n) is 6.82. The minimum atomic E-state index is -1.16. The maximum absolute atomic E-state index is 12.1. The van der Waals surface area contributed by atoms with Crippen LogP contribution < -0.4 is 10.7 Å². The number of nitrogens with one attached hydrogen (secondary N) is 1. The highest BCUT2D eigenvalue weighted by Crippen LogP contribution is 2.24. The molecular formula is C16H16N2O5. The van der Waals surface area contributed by atoms with Crippen LogP contribution in [-0.2, 0) is 11.3 Å². The molecule has 1 heterocycles. The van der Waals surface area contributed by atoms with Crippen LogP contribution in [0, 0.1) is 13.8 Å². The highest BCUT2D eigenvalue weighted by atomic mass is 16.4. The summed E-state index contributed by atoms with van der Waals surface area (Å²) in [6.45, 7) is 3.36. The summed E-state index contributed by atoms with van der Waals surface area (Å²) in [7, 11) is 0. The highest BCUT2D eigenvalue weighted by Gasteiger charge is 2.12. The van der Waals surface area contributed by atoms with E-state index in [0.29, 0.717) is 11.4 Å². The van der Waals surface area contributed by atoms with Crippen LogP contribution in [0.3, 0.4) is 0 Å². The zero-order chi connectivity index (χ0) is 17.1. The summed E-state index contributed by atoms with van der Waals surface area (Å²) in [6, 6.07) is 6.46. The van der Waals surface area contributed by atoms with E-state index < -0.39 is 11.9 Å². The summed E-state index contributed by atoms with van der Waals surface area (Å²) in [5.74, 6) is -1.83. The van der Waals surface area contributed by atoms with E-state index in [1.165, 1.54) is 30.3 Å². The van der Waals surface area contributed by atoms with Gasteiger partial charge < -0.3 is 20.1 Å². The molecule has 120 valence electrons. The zero-order valence-electron chi connectivity index (χ0n) is 12.7. The number of hydrogen-bond acceptors (Lipinski definition) is 4. The first kappa shape index (κ1) is 16.3. The maximum Gasteiger partial charge on any atom is 0.335 e. The van der Waals surface area contributed by atoms with Crippen molar-refractivity contribution in [2.75, 3.05) is 5.32 Å². The van der Waals surface area contributed by atoms with Gasteiger partial charge in [0.1, 0.15) is 12.3 Å². The van der Waals surface area contributed by atoms with Crippen molar-refractivity contribution >= 4 is 17.6 Å². The van der Waals surface area contributed by atoms with Gasteiger partial charge in [-0.05, 0) is 32.0 Å². The Hall–Kier alpha value is -3.09. The number of carbonyl (C=O) groups excluding carboxylic acids is 1. The van der Waals surface area contributed by atoms with Gasteiger partial charge in [-0.3, -0.25) is 9.59 Å². The van der Waals surface area contributed by atoms with Crippen LogP contribution in [-0.4, -0.2) is 26.7 Å². The minimum Gasteiger partial charge on any atom is -0.506 e. The predicted octanol–water partition coefficient (Wildman–Crippen LogP) is 1.51. The van der Waals surface area contributed by atoms with Crippen molar-refractivity contribution in [2.45, 2.75) is 20.4 Å². The van der Waals surface area contributed by atoms with Gasteiger partial charge in [0, 0.05) is 23.5 Å². The molecule has 2 aromatic rings. The van der Waals surface area contributed by atoms with Gasteiger partial charge in [0.2, 0.25) is 5.91 Å². The Kier molecular flexibility index (Phi) is 4.49. The molecule has 0 unspecified atom stereocenters. The lowest BCUT2D eigenvalue weighted by atomic mass is 10.2. The number of aromatic nitrogens is 1. The van der Waals surface area contributed by atoms with Crippen LogP contribution >= 0.6 is 0 Å². The molecule has 0 aliphatic rings. The molecule has 0 bridgehead atoms. The zero-order valence-corrected chi connectivity index (χ0v) is 12.7. The molecule has 0 aliphatic carbocycles. The second-order valence-corrected chi connectivity index (χ2v) is 5.15. The van der Waals surface area contributed by atoms with Gasteiger partial charge in [0.25, 0.3) is 0 Å². The molecule has 2 rings (SSSR count). The second kappa shape index (κ2) is 6.35. The van der Waals surface area contributed by atoms with Crippen molar-refractivity contribution in [3.8, 4) is 5.75 Å². The Morgan fingerprint density at radius 1 is 1.13 bits per heavy atom. The van der Waals surface area contributed by atoms with Gasteiger partial charge >= 0.3 is 5.97 Å². The number of benzene rings is 1. The first-order valence-corrected chi connectivity index (χ1v) is 6.82. The van der Waals surface area contributed by atoms with Crippen molar-refractivity contribution in [3.63, 3.8) is 0 Å². The van der Waals surface area contributed by atoms with Crippen molar-refractivity contribution in [1.82, 2.24) is 4.57 Å². The largest absolute Gasteiger partial charge is 0.506 e. The Morgan fingerprint density at radius 2 is 1.74 bits per heavy atom. The number of aryl methyl sites for hydroxylation is 2. The average molecular weight is 316 g/mol. The fourth-order valence-corrected chi connectivity index (χ4v) is 2.24. The lowest BCUT2D eigenvalue weighted by Crippen LogP contribution is -2.23. The summed E-state index contributed by atoms with van der Waals surface area (Å²) in [5.41, 5.74) is 1.10. The van der Waals surface area contributed by atoms with E-state index >= 15 is 0 Å². The molecular weight excluding hydrogens is 300 g/mol. The van der Waals surface area contributed by atoms with Gasteiger partial charge in [-0.2, -0.15) is 0 Å². The number of pyridine rings is 1. The molecule has 1 aromatic carbocycles. The van der Waals surface area contributed by atoms with Gasteiger partial charge in [-0.15, -0.1) is 0 Å². The predicted molar refractivity (Wildman–Crippen MR) is 83.9 cm³/mol. The summed E-state index contributed by atoms with van der Waals surface area (Å²) in [4.78, 5) is 34.5. The molecule has 0 radical (unpaired) electrons. The number of carboxylic acid groups (broad SMARTS) is 1. The van der Waals surface area contributed by atoms with E-state index in [1.807, 2.05) is 0 Å². The van der Waals surface area contributed by atoms with Crippen molar-refractivity contribution in [1.29, 1.82) is 0 Å². The minimum absolute atomic E-state index is 0.0197. The molecule has 3 N–H and O–H groups in total. The summed E-state index contributed by atoms with van der Waals surface area (Å²) in [5, 5.41) is 21.1. The van der Waals surface area contributed by atoms with Crippen LogP contribution in [0.25, 0.3) is 0 Å². The van der Waals surface area contributed by atoms with Crippen molar-refractivity contribution in [2.24, 2.45) is 0 Å². The average Bonchev–Trinajstić information content (AvgIpc) is 2.45. The third-order valence-electron chi connectivity index (χ3n) is 3.37. The summed E-state index contributed by atoms with van der Waals surface area (Å²) >= 11 is 0. The number of rotatable bonds is 4. The molecule has 1 amide bonds. The second-order valence-electron chi connectivity index (χ2n) is 5.15. The highest BCUT2D eigenvalue weighted by molar-refractivity contribution is 5.95. The van der Waals surface area contributed by atoms with E-state index in [-0.39, 0.29) is 29.0 Å². The quantitative estimate of drug-likeness (QED) is 0.741. The van der Waals surface area contributed by atoms with Gasteiger partial charge in [-0.1, -0.05) is 0 Å². The monoisotopic (exact) mass is 316 g/mol. The van der Waals surface area contributed by atoms with Crippen LogP contribution in [0.1, 0.15) is 21.7 Å². The Labute approximate surface area is 131 Å². The van der Waals surface area contributed by atoms with E-state index in [4.69, 9.17) is 5.11 Å². The van der Waals surface area contributed by atoms with Crippen molar-refractivity contribution < 1.29 is 19.8 Å². The number of nitrogens with zero attached hydrogens (tertiary/aromatic N) is 1. The Morgan fingerprint density at radius 3 is 2.30 bits per heavy atom. The molecule has 0 aliphatic heterocycles. The first-order chi connectivity index (χ1) is 10.8. The van der Waals surface area contributed by atoms with Gasteiger partial charge in [0.05, 0.1) is 11.3 Å². The molecule has 0 spiro atoms. The third-order valence-corrected chi connectivity index (χ3v) is 3.37. The topological polar surface area (TPSA) is 109 Å². The molecule has 7 nitrogen and oxygen atoms in total. The van der Waals surface area contributed by atoms with E-state index in [1.54, 1.807) is 18.4 Å². The lowest BCUT2D eigenvalue weighted by molar-refractivity contribution is -0.116. The van der Waals surface area contributed by atoms with Crippen LogP contribution in [0.5, 0.6) is 5.75 Å². The normalized spacial score (nSPS) is 10.3. The number of carbonyl (C=O) groups is 2. The van der Waals surface area contributed by atoms with E-state index in [9.17, 15) is 19.5 Å². The van der Waals surface area contributed by atoms with Crippen LogP contribution in [0.15, 0.2) is 35.1 Å². The number of phenolic OH excluding ortho intramolecular Hbond substituents is 1. The SMILES string of the molecule is Cc1cc(=O)cc(C)n1CC(=O)Nc1cc(C(=O)O)ccc1O. The fraction of sp³-hybridized carbons (Fsp3) is 0.188. The standard InChI is InChI=1S/C16H16N2O5/c1-9-5-12(19)6-10(2)18(9)8-15(21)17-13-7-11(16(22)23)3-4-14(13)20/h3-7,20H,8H2,1-2H3,(H,17,21)(H,22,23). The number of anilines is 1. The summed E-state index contributed by atoms with van der Waals surface area (Å²) < 4.78 is 1.65. The summed E-state index contributed by atoms with van der Waals surface area (Å²) in [6.07, 6.45) is 0. The Balaban J connectivity index is 2.22. The molecule has 0 saturated heterocycles. The molecule has 0 saturated carbocycles. The molecule has 1 aromatic heterocycles. The third kappa shape index (κ3) is 3.76. The molecule has 0 atom stereocenters. The number of phenols is 1. The molecule has 23 heavy (non-hydrogen) atoms. The number of amides is 1. The van der Waals surface area contributed by atoms with E-state index in [2.05, 4.69) is 5.32 Å². The van der Waals surface area contributed by atoms with Gasteiger partial charge in [0.15, 0.2) is 5.43 Å².